The monoisotopic (exact) mass is 286 g/mol. The second kappa shape index (κ2) is 5.51. The van der Waals surface area contributed by atoms with E-state index in [2.05, 4.69) is 27.4 Å². The quantitative estimate of drug-likeness (QED) is 0.748. The summed E-state index contributed by atoms with van der Waals surface area (Å²) in [4.78, 5) is 8.75. The molecule has 1 N–H and O–H groups in total. The molecule has 0 unspecified atom stereocenters. The second-order valence-electron chi connectivity index (χ2n) is 4.69. The largest absolute Gasteiger partial charge is 0.364 e. The van der Waals surface area contributed by atoms with E-state index in [9.17, 15) is 0 Å². The van der Waals surface area contributed by atoms with Gasteiger partial charge in [-0.05, 0) is 17.2 Å². The standard InChI is InChI=1S/C15H15ClN4/c1-20-10-19-14-13(20)5-6-17-15(14)18-9-12-4-2-3-11(7-12)8-16/h2-7,10H,8-9H2,1H3,(H,17,18). The summed E-state index contributed by atoms with van der Waals surface area (Å²) in [5.74, 6) is 1.33. The lowest BCUT2D eigenvalue weighted by Crippen LogP contribution is -2.02. The van der Waals surface area contributed by atoms with Crippen LogP contribution in [0.3, 0.4) is 0 Å². The van der Waals surface area contributed by atoms with Gasteiger partial charge >= 0.3 is 0 Å². The predicted octanol–water partition coefficient (Wildman–Crippen LogP) is 3.32. The number of anilines is 1. The van der Waals surface area contributed by atoms with Gasteiger partial charge in [0.15, 0.2) is 5.82 Å². The molecule has 2 aromatic heterocycles. The molecular formula is C15H15ClN4. The Kier molecular flexibility index (Phi) is 3.56. The minimum Gasteiger partial charge on any atom is -0.364 e. The summed E-state index contributed by atoms with van der Waals surface area (Å²) in [7, 11) is 1.98. The molecule has 0 aliphatic rings. The molecule has 2 heterocycles. The molecular weight excluding hydrogens is 272 g/mol. The van der Waals surface area contributed by atoms with Crippen LogP contribution in [0, 0.1) is 0 Å². The molecule has 102 valence electrons. The number of alkyl halides is 1. The van der Waals surface area contributed by atoms with E-state index >= 15 is 0 Å². The smallest absolute Gasteiger partial charge is 0.154 e. The number of fused-ring (bicyclic) bond motifs is 1. The third-order valence-electron chi connectivity index (χ3n) is 3.25. The van der Waals surface area contributed by atoms with Crippen molar-refractivity contribution in [2.75, 3.05) is 5.32 Å². The van der Waals surface area contributed by atoms with Gasteiger partial charge in [-0.25, -0.2) is 9.97 Å². The maximum atomic E-state index is 5.85. The zero-order valence-corrected chi connectivity index (χ0v) is 11.9. The number of hydrogen-bond donors (Lipinski definition) is 1. The maximum absolute atomic E-state index is 5.85. The number of nitrogens with one attached hydrogen (secondary N) is 1. The summed E-state index contributed by atoms with van der Waals surface area (Å²) >= 11 is 5.85. The lowest BCUT2D eigenvalue weighted by Gasteiger charge is -2.07. The van der Waals surface area contributed by atoms with Gasteiger partial charge < -0.3 is 9.88 Å². The molecule has 0 amide bonds. The number of hydrogen-bond acceptors (Lipinski definition) is 3. The number of benzene rings is 1. The molecule has 3 aromatic rings. The molecule has 0 atom stereocenters. The zero-order chi connectivity index (χ0) is 13.9. The van der Waals surface area contributed by atoms with Gasteiger partial charge in [-0.15, -0.1) is 11.6 Å². The van der Waals surface area contributed by atoms with E-state index in [0.29, 0.717) is 12.4 Å². The highest BCUT2D eigenvalue weighted by Gasteiger charge is 2.06. The van der Waals surface area contributed by atoms with Crippen molar-refractivity contribution >= 4 is 28.5 Å². The Bertz CT molecular complexity index is 736. The number of nitrogens with zero attached hydrogens (tertiary/aromatic N) is 3. The summed E-state index contributed by atoms with van der Waals surface area (Å²) in [5, 5.41) is 3.34. The van der Waals surface area contributed by atoms with E-state index in [1.54, 1.807) is 12.5 Å². The van der Waals surface area contributed by atoms with Crippen LogP contribution in [0.2, 0.25) is 0 Å². The molecule has 3 rings (SSSR count). The summed E-state index contributed by atoms with van der Waals surface area (Å²) in [6.45, 7) is 0.702. The lowest BCUT2D eigenvalue weighted by molar-refractivity contribution is 0.947. The first-order valence-electron chi connectivity index (χ1n) is 6.41. The van der Waals surface area contributed by atoms with Gasteiger partial charge in [-0.3, -0.25) is 0 Å². The van der Waals surface area contributed by atoms with Crippen LogP contribution in [0.5, 0.6) is 0 Å². The normalized spacial score (nSPS) is 10.9. The van der Waals surface area contributed by atoms with Crippen molar-refractivity contribution in [3.8, 4) is 0 Å². The van der Waals surface area contributed by atoms with Gasteiger partial charge in [0.05, 0.1) is 11.8 Å². The van der Waals surface area contributed by atoms with Gasteiger partial charge in [0.25, 0.3) is 0 Å². The Labute approximate surface area is 122 Å². The lowest BCUT2D eigenvalue weighted by atomic mass is 10.1. The molecule has 1 aromatic carbocycles. The van der Waals surface area contributed by atoms with Gasteiger partial charge in [0.2, 0.25) is 0 Å². The van der Waals surface area contributed by atoms with Crippen LogP contribution >= 0.6 is 11.6 Å². The summed E-state index contributed by atoms with van der Waals surface area (Å²) in [5.41, 5.74) is 4.26. The average molecular weight is 287 g/mol. The van der Waals surface area contributed by atoms with E-state index in [1.807, 2.05) is 29.8 Å². The topological polar surface area (TPSA) is 42.7 Å². The third kappa shape index (κ3) is 2.47. The van der Waals surface area contributed by atoms with Crippen molar-refractivity contribution in [2.45, 2.75) is 12.4 Å². The molecule has 0 radical (unpaired) electrons. The number of pyridine rings is 1. The van der Waals surface area contributed by atoms with E-state index in [1.165, 1.54) is 5.56 Å². The number of rotatable bonds is 4. The SMILES string of the molecule is Cn1cnc2c(NCc3cccc(CCl)c3)nccc21. The first-order valence-corrected chi connectivity index (χ1v) is 6.95. The fourth-order valence-electron chi connectivity index (χ4n) is 2.20. The number of aromatic nitrogens is 3. The summed E-state index contributed by atoms with van der Waals surface area (Å²) in [6, 6.07) is 10.2. The van der Waals surface area contributed by atoms with Crippen LogP contribution in [0.25, 0.3) is 11.0 Å². The molecule has 4 nitrogen and oxygen atoms in total. The second-order valence-corrected chi connectivity index (χ2v) is 4.96. The Morgan fingerprint density at radius 1 is 1.20 bits per heavy atom. The Balaban J connectivity index is 1.83. The van der Waals surface area contributed by atoms with Gasteiger partial charge in [-0.1, -0.05) is 24.3 Å². The maximum Gasteiger partial charge on any atom is 0.154 e. The summed E-state index contributed by atoms with van der Waals surface area (Å²) in [6.07, 6.45) is 3.59. The van der Waals surface area contributed by atoms with Crippen LogP contribution in [0.4, 0.5) is 5.82 Å². The van der Waals surface area contributed by atoms with Gasteiger partial charge in [-0.2, -0.15) is 0 Å². The molecule has 0 spiro atoms. The first kappa shape index (κ1) is 12.9. The van der Waals surface area contributed by atoms with Gasteiger partial charge in [0, 0.05) is 25.7 Å². The minimum atomic E-state index is 0.530. The van der Waals surface area contributed by atoms with E-state index < -0.39 is 0 Å². The van der Waals surface area contributed by atoms with Crippen LogP contribution in [-0.4, -0.2) is 14.5 Å². The van der Waals surface area contributed by atoms with Crippen molar-refractivity contribution in [3.05, 3.63) is 54.0 Å². The van der Waals surface area contributed by atoms with Crippen molar-refractivity contribution in [3.63, 3.8) is 0 Å². The van der Waals surface area contributed by atoms with Crippen LogP contribution in [0.1, 0.15) is 11.1 Å². The zero-order valence-electron chi connectivity index (χ0n) is 11.2. The molecule has 0 saturated heterocycles. The fourth-order valence-corrected chi connectivity index (χ4v) is 2.37. The van der Waals surface area contributed by atoms with Crippen molar-refractivity contribution in [1.29, 1.82) is 0 Å². The highest BCUT2D eigenvalue weighted by Crippen LogP contribution is 2.19. The fraction of sp³-hybridized carbons (Fsp3) is 0.200. The number of halogens is 1. The van der Waals surface area contributed by atoms with Crippen molar-refractivity contribution < 1.29 is 0 Å². The molecule has 0 bridgehead atoms. The average Bonchev–Trinajstić information content (AvgIpc) is 2.88. The number of imidazole rings is 1. The predicted molar refractivity (Wildman–Crippen MR) is 81.8 cm³/mol. The van der Waals surface area contributed by atoms with Gasteiger partial charge in [0.1, 0.15) is 5.52 Å². The van der Waals surface area contributed by atoms with Crippen LogP contribution in [-0.2, 0) is 19.5 Å². The molecule has 0 aliphatic carbocycles. The summed E-state index contributed by atoms with van der Waals surface area (Å²) < 4.78 is 1.98. The van der Waals surface area contributed by atoms with E-state index in [4.69, 9.17) is 11.6 Å². The molecule has 0 aliphatic heterocycles. The highest BCUT2D eigenvalue weighted by atomic mass is 35.5. The first-order chi connectivity index (χ1) is 9.78. The molecule has 0 saturated carbocycles. The van der Waals surface area contributed by atoms with E-state index in [0.717, 1.165) is 22.4 Å². The van der Waals surface area contributed by atoms with Crippen molar-refractivity contribution in [2.24, 2.45) is 7.05 Å². The molecule has 5 heteroatoms. The Morgan fingerprint density at radius 2 is 2.05 bits per heavy atom. The minimum absolute atomic E-state index is 0.530. The van der Waals surface area contributed by atoms with Crippen LogP contribution in [0.15, 0.2) is 42.9 Å². The Morgan fingerprint density at radius 3 is 2.90 bits per heavy atom. The number of aryl methyl sites for hydroxylation is 1. The molecule has 0 fully saturated rings. The third-order valence-corrected chi connectivity index (χ3v) is 3.56. The van der Waals surface area contributed by atoms with E-state index in [-0.39, 0.29) is 0 Å². The van der Waals surface area contributed by atoms with Crippen molar-refractivity contribution in [1.82, 2.24) is 14.5 Å². The highest BCUT2D eigenvalue weighted by molar-refractivity contribution is 6.17. The Hall–Kier alpha value is -2.07. The van der Waals surface area contributed by atoms with Crippen LogP contribution < -0.4 is 5.32 Å². The molecule has 20 heavy (non-hydrogen) atoms.